The molecule has 0 spiro atoms. The molecule has 0 bridgehead atoms. The van der Waals surface area contributed by atoms with Crippen LogP contribution < -0.4 is 14.8 Å². The van der Waals surface area contributed by atoms with E-state index < -0.39 is 0 Å². The van der Waals surface area contributed by atoms with Crippen LogP contribution in [0.2, 0.25) is 0 Å². The summed E-state index contributed by atoms with van der Waals surface area (Å²) in [6.45, 7) is 4.03. The molecule has 0 aromatic heterocycles. The number of aliphatic imine (C=N–C) groups is 1. The lowest BCUT2D eigenvalue weighted by molar-refractivity contribution is 0.0931. The Morgan fingerprint density at radius 3 is 3.00 bits per heavy atom. The molecule has 1 N–H and O–H groups in total. The fraction of sp³-hybridized carbons (Fsp3) is 0.588. The molecule has 0 amide bonds. The van der Waals surface area contributed by atoms with Gasteiger partial charge in [0.15, 0.2) is 17.5 Å². The summed E-state index contributed by atoms with van der Waals surface area (Å²) in [7, 11) is 3.58. The number of likely N-dealkylation sites (tertiary alicyclic amines) is 1. The number of nitrogens with zero attached hydrogens (tertiary/aromatic N) is 2. The van der Waals surface area contributed by atoms with E-state index in [1.165, 1.54) is 0 Å². The average Bonchev–Trinajstić information content (AvgIpc) is 3.04. The van der Waals surface area contributed by atoms with Gasteiger partial charge in [0.05, 0.1) is 13.2 Å². The molecule has 6 nitrogen and oxygen atoms in total. The Bertz CT molecular complexity index is 550. The molecule has 6 heteroatoms. The Morgan fingerprint density at radius 1 is 1.39 bits per heavy atom. The molecule has 0 radical (unpaired) electrons. The molecule has 1 saturated heterocycles. The van der Waals surface area contributed by atoms with E-state index in [2.05, 4.69) is 15.2 Å². The van der Waals surface area contributed by atoms with Gasteiger partial charge in [-0.25, -0.2) is 0 Å². The van der Waals surface area contributed by atoms with E-state index >= 15 is 0 Å². The molecule has 0 saturated carbocycles. The zero-order valence-corrected chi connectivity index (χ0v) is 13.8. The number of benzene rings is 1. The summed E-state index contributed by atoms with van der Waals surface area (Å²) >= 11 is 0. The first-order valence-corrected chi connectivity index (χ1v) is 8.13. The number of methoxy groups -OCH3 is 1. The zero-order valence-electron chi connectivity index (χ0n) is 13.8. The maximum Gasteiger partial charge on any atom is 0.193 e. The van der Waals surface area contributed by atoms with Crippen LogP contribution in [-0.2, 0) is 4.74 Å². The van der Waals surface area contributed by atoms with Gasteiger partial charge < -0.3 is 24.4 Å². The third-order valence-electron chi connectivity index (χ3n) is 4.25. The molecule has 126 valence electrons. The Morgan fingerprint density at radius 2 is 2.22 bits per heavy atom. The van der Waals surface area contributed by atoms with Gasteiger partial charge >= 0.3 is 0 Å². The highest BCUT2D eigenvalue weighted by atomic mass is 16.6. The number of fused-ring (bicyclic) bond motifs is 1. The van der Waals surface area contributed by atoms with Crippen molar-refractivity contribution in [2.75, 3.05) is 47.0 Å². The first kappa shape index (κ1) is 15.9. The van der Waals surface area contributed by atoms with Gasteiger partial charge in [-0.2, -0.15) is 0 Å². The highest BCUT2D eigenvalue weighted by Crippen LogP contribution is 2.30. The lowest BCUT2D eigenvalue weighted by Crippen LogP contribution is -2.46. The van der Waals surface area contributed by atoms with E-state index in [1.54, 1.807) is 7.11 Å². The minimum Gasteiger partial charge on any atom is -0.486 e. The average molecular weight is 319 g/mol. The van der Waals surface area contributed by atoms with E-state index in [9.17, 15) is 0 Å². The largest absolute Gasteiger partial charge is 0.486 e. The SMILES string of the molecule is CN=C(NCC1COc2ccccc2O1)N1CCC(COC)C1. The molecule has 0 aliphatic carbocycles. The van der Waals surface area contributed by atoms with Gasteiger partial charge in [-0.3, -0.25) is 4.99 Å². The molecule has 1 fully saturated rings. The normalized spacial score (nSPS) is 23.9. The van der Waals surface area contributed by atoms with Gasteiger partial charge in [-0.1, -0.05) is 12.1 Å². The molecule has 2 unspecified atom stereocenters. The van der Waals surface area contributed by atoms with E-state index in [0.29, 0.717) is 19.1 Å². The highest BCUT2D eigenvalue weighted by Gasteiger charge is 2.26. The van der Waals surface area contributed by atoms with Gasteiger partial charge in [0.25, 0.3) is 0 Å². The Kier molecular flexibility index (Phi) is 5.23. The van der Waals surface area contributed by atoms with Crippen LogP contribution in [0.5, 0.6) is 11.5 Å². The number of guanidine groups is 1. The lowest BCUT2D eigenvalue weighted by Gasteiger charge is -2.28. The molecule has 1 aromatic rings. The second kappa shape index (κ2) is 7.55. The quantitative estimate of drug-likeness (QED) is 0.671. The summed E-state index contributed by atoms with van der Waals surface area (Å²) in [5.74, 6) is 3.13. The zero-order chi connectivity index (χ0) is 16.1. The Labute approximate surface area is 137 Å². The van der Waals surface area contributed by atoms with Crippen molar-refractivity contribution in [1.82, 2.24) is 10.2 Å². The minimum atomic E-state index is -0.0148. The van der Waals surface area contributed by atoms with Crippen LogP contribution in [0, 0.1) is 5.92 Å². The Hall–Kier alpha value is -1.95. The van der Waals surface area contributed by atoms with Crippen LogP contribution >= 0.6 is 0 Å². The number of hydrogen-bond donors (Lipinski definition) is 1. The fourth-order valence-electron chi connectivity index (χ4n) is 3.10. The third-order valence-corrected chi connectivity index (χ3v) is 4.25. The van der Waals surface area contributed by atoms with Crippen molar-refractivity contribution < 1.29 is 14.2 Å². The molecule has 2 heterocycles. The number of hydrogen-bond acceptors (Lipinski definition) is 4. The van der Waals surface area contributed by atoms with Crippen LogP contribution in [-0.4, -0.2) is 64.0 Å². The summed E-state index contributed by atoms with van der Waals surface area (Å²) in [5, 5.41) is 3.40. The minimum absolute atomic E-state index is 0.0148. The van der Waals surface area contributed by atoms with Crippen molar-refractivity contribution in [3.05, 3.63) is 24.3 Å². The van der Waals surface area contributed by atoms with Crippen LogP contribution in [0.4, 0.5) is 0 Å². The van der Waals surface area contributed by atoms with E-state index in [4.69, 9.17) is 14.2 Å². The second-order valence-corrected chi connectivity index (χ2v) is 5.98. The van der Waals surface area contributed by atoms with Crippen molar-refractivity contribution in [2.24, 2.45) is 10.9 Å². The molecular formula is C17H25N3O3. The maximum atomic E-state index is 5.97. The first-order chi connectivity index (χ1) is 11.3. The second-order valence-electron chi connectivity index (χ2n) is 5.98. The van der Waals surface area contributed by atoms with Crippen LogP contribution in [0.1, 0.15) is 6.42 Å². The topological polar surface area (TPSA) is 55.3 Å². The number of rotatable bonds is 4. The maximum absolute atomic E-state index is 5.97. The number of nitrogens with one attached hydrogen (secondary N) is 1. The van der Waals surface area contributed by atoms with E-state index in [0.717, 1.165) is 43.6 Å². The van der Waals surface area contributed by atoms with Crippen LogP contribution in [0.3, 0.4) is 0 Å². The van der Waals surface area contributed by atoms with Crippen LogP contribution in [0.15, 0.2) is 29.3 Å². The Balaban J connectivity index is 1.50. The van der Waals surface area contributed by atoms with Crippen molar-refractivity contribution in [2.45, 2.75) is 12.5 Å². The lowest BCUT2D eigenvalue weighted by atomic mass is 10.1. The molecule has 1 aromatic carbocycles. The third kappa shape index (κ3) is 3.88. The van der Waals surface area contributed by atoms with Crippen molar-refractivity contribution >= 4 is 5.96 Å². The summed E-state index contributed by atoms with van der Waals surface area (Å²) in [5.41, 5.74) is 0. The summed E-state index contributed by atoms with van der Waals surface area (Å²) < 4.78 is 17.0. The monoisotopic (exact) mass is 319 g/mol. The van der Waals surface area contributed by atoms with Gasteiger partial charge in [0, 0.05) is 33.2 Å². The smallest absolute Gasteiger partial charge is 0.193 e. The standard InChI is InChI=1S/C17H25N3O3/c1-18-17(20-8-7-13(10-20)11-21-2)19-9-14-12-22-15-5-3-4-6-16(15)23-14/h3-6,13-14H,7-12H2,1-2H3,(H,18,19). The first-order valence-electron chi connectivity index (χ1n) is 8.13. The highest BCUT2D eigenvalue weighted by molar-refractivity contribution is 5.80. The molecule has 2 aliphatic heterocycles. The van der Waals surface area contributed by atoms with Gasteiger partial charge in [-0.15, -0.1) is 0 Å². The fourth-order valence-corrected chi connectivity index (χ4v) is 3.10. The summed E-state index contributed by atoms with van der Waals surface area (Å²) in [4.78, 5) is 6.67. The summed E-state index contributed by atoms with van der Waals surface area (Å²) in [6.07, 6.45) is 1.13. The van der Waals surface area contributed by atoms with Gasteiger partial charge in [0.2, 0.25) is 0 Å². The van der Waals surface area contributed by atoms with E-state index in [1.807, 2.05) is 31.3 Å². The van der Waals surface area contributed by atoms with Crippen molar-refractivity contribution in [1.29, 1.82) is 0 Å². The molecule has 2 atom stereocenters. The predicted octanol–water partition coefficient (Wildman–Crippen LogP) is 1.37. The van der Waals surface area contributed by atoms with Crippen molar-refractivity contribution in [3.63, 3.8) is 0 Å². The van der Waals surface area contributed by atoms with E-state index in [-0.39, 0.29) is 6.10 Å². The molecule has 3 rings (SSSR count). The molecule has 2 aliphatic rings. The summed E-state index contributed by atoms with van der Waals surface area (Å²) in [6, 6.07) is 7.77. The van der Waals surface area contributed by atoms with Crippen LogP contribution in [0.25, 0.3) is 0 Å². The number of ether oxygens (including phenoxy) is 3. The van der Waals surface area contributed by atoms with Crippen molar-refractivity contribution in [3.8, 4) is 11.5 Å². The van der Waals surface area contributed by atoms with Gasteiger partial charge in [0.1, 0.15) is 12.7 Å². The molecule has 23 heavy (non-hydrogen) atoms. The predicted molar refractivity (Wildman–Crippen MR) is 89.3 cm³/mol. The molecular weight excluding hydrogens is 294 g/mol. The number of para-hydroxylation sites is 2. The van der Waals surface area contributed by atoms with Gasteiger partial charge in [-0.05, 0) is 18.6 Å².